The van der Waals surface area contributed by atoms with Gasteiger partial charge in [-0.15, -0.1) is 0 Å². The molecule has 0 radical (unpaired) electrons. The fraction of sp³-hybridized carbons (Fsp3) is 0.179. The first-order chi connectivity index (χ1) is 16.9. The summed E-state index contributed by atoms with van der Waals surface area (Å²) in [6, 6.07) is 22.9. The minimum atomic E-state index is -0.389. The van der Waals surface area contributed by atoms with Gasteiger partial charge in [-0.3, -0.25) is 4.98 Å². The summed E-state index contributed by atoms with van der Waals surface area (Å²) in [5, 5.41) is 4.07. The summed E-state index contributed by atoms with van der Waals surface area (Å²) >= 11 is 5.82. The molecule has 2 aromatic heterocycles. The molecular weight excluding hydrogens is 458 g/mol. The summed E-state index contributed by atoms with van der Waals surface area (Å²) < 4.78 is 11.3. The van der Waals surface area contributed by atoms with Crippen LogP contribution in [0.4, 0.5) is 5.69 Å². The smallest absolute Gasteiger partial charge is 0.337 e. The molecule has 0 saturated carbocycles. The minimum absolute atomic E-state index is 0.204. The second-order valence-corrected chi connectivity index (χ2v) is 9.00. The van der Waals surface area contributed by atoms with Gasteiger partial charge < -0.3 is 19.4 Å². The fourth-order valence-electron chi connectivity index (χ4n) is 4.60. The van der Waals surface area contributed by atoms with Gasteiger partial charge in [-0.2, -0.15) is 0 Å². The SMILES string of the molecule is COC(=O)c1cccc(-c2ccc([C@H]3[C@H](c4ccccn4)NC(=S)N3c3cc(C)cc(C)c3)o2)c1. The van der Waals surface area contributed by atoms with Gasteiger partial charge in [0.15, 0.2) is 5.11 Å². The van der Waals surface area contributed by atoms with Gasteiger partial charge in [-0.05, 0) is 85.7 Å². The second-order valence-electron chi connectivity index (χ2n) is 8.62. The standard InChI is InChI=1S/C28H25N3O3S/c1-17-13-18(2)15-21(14-17)31-26(25(30-28(31)35)22-9-4-5-12-29-22)24-11-10-23(34-24)19-7-6-8-20(16-19)27(32)33-3/h4-16,25-26H,1-3H3,(H,30,35)/t25-,26-/m0/s1. The molecule has 0 aliphatic carbocycles. The van der Waals surface area contributed by atoms with Crippen LogP contribution in [0.3, 0.4) is 0 Å². The molecule has 0 spiro atoms. The van der Waals surface area contributed by atoms with E-state index < -0.39 is 0 Å². The molecule has 4 aromatic rings. The second kappa shape index (κ2) is 9.35. The number of esters is 1. The maximum Gasteiger partial charge on any atom is 0.337 e. The van der Waals surface area contributed by atoms with E-state index in [2.05, 4.69) is 47.2 Å². The Labute approximate surface area is 209 Å². The topological polar surface area (TPSA) is 67.6 Å². The summed E-state index contributed by atoms with van der Waals surface area (Å²) in [6.07, 6.45) is 1.78. The third kappa shape index (κ3) is 4.42. The lowest BCUT2D eigenvalue weighted by Crippen LogP contribution is -2.29. The van der Waals surface area contributed by atoms with Crippen molar-refractivity contribution in [1.29, 1.82) is 0 Å². The van der Waals surface area contributed by atoms with Crippen molar-refractivity contribution in [3.63, 3.8) is 0 Å². The summed E-state index contributed by atoms with van der Waals surface area (Å²) in [5.74, 6) is 1.01. The predicted octanol–water partition coefficient (Wildman–Crippen LogP) is 5.92. The number of carbonyl (C=O) groups excluding carboxylic acids is 1. The molecule has 2 atom stereocenters. The molecule has 1 fully saturated rings. The van der Waals surface area contributed by atoms with Gasteiger partial charge in [-0.25, -0.2) is 4.79 Å². The largest absolute Gasteiger partial charge is 0.465 e. The third-order valence-corrected chi connectivity index (χ3v) is 6.38. The molecule has 1 aliphatic heterocycles. The van der Waals surface area contributed by atoms with Crippen molar-refractivity contribution in [2.45, 2.75) is 25.9 Å². The van der Waals surface area contributed by atoms with E-state index in [1.54, 1.807) is 18.3 Å². The van der Waals surface area contributed by atoms with Gasteiger partial charge in [0.05, 0.1) is 24.4 Å². The van der Waals surface area contributed by atoms with E-state index in [1.807, 2.05) is 42.5 Å². The van der Waals surface area contributed by atoms with Crippen LogP contribution >= 0.6 is 12.2 Å². The monoisotopic (exact) mass is 483 g/mol. The van der Waals surface area contributed by atoms with Crippen LogP contribution in [0.2, 0.25) is 0 Å². The first-order valence-electron chi connectivity index (χ1n) is 11.3. The van der Waals surface area contributed by atoms with Crippen LogP contribution in [0.1, 0.15) is 45.0 Å². The van der Waals surface area contributed by atoms with Crippen molar-refractivity contribution >= 4 is 29.0 Å². The Morgan fingerprint density at radius 3 is 2.54 bits per heavy atom. The molecule has 1 N–H and O–H groups in total. The molecule has 6 nitrogen and oxygen atoms in total. The van der Waals surface area contributed by atoms with Gasteiger partial charge >= 0.3 is 5.97 Å². The molecule has 7 heteroatoms. The first-order valence-corrected chi connectivity index (χ1v) is 11.7. The molecule has 2 aromatic carbocycles. The molecule has 1 saturated heterocycles. The lowest BCUT2D eigenvalue weighted by Gasteiger charge is -2.26. The first kappa shape index (κ1) is 22.8. The quantitative estimate of drug-likeness (QED) is 0.279. The Balaban J connectivity index is 1.59. The number of hydrogen-bond donors (Lipinski definition) is 1. The predicted molar refractivity (Wildman–Crippen MR) is 139 cm³/mol. The van der Waals surface area contributed by atoms with E-state index >= 15 is 0 Å². The highest BCUT2D eigenvalue weighted by molar-refractivity contribution is 7.80. The Kier molecular flexibility index (Phi) is 6.09. The Morgan fingerprint density at radius 1 is 1.03 bits per heavy atom. The maximum absolute atomic E-state index is 12.0. The van der Waals surface area contributed by atoms with E-state index in [0.29, 0.717) is 16.4 Å². The number of ether oxygens (including phenoxy) is 1. The van der Waals surface area contributed by atoms with Crippen LogP contribution in [-0.4, -0.2) is 23.2 Å². The summed E-state index contributed by atoms with van der Waals surface area (Å²) in [5.41, 5.74) is 5.44. The summed E-state index contributed by atoms with van der Waals surface area (Å²) in [4.78, 5) is 18.7. The van der Waals surface area contributed by atoms with Crippen molar-refractivity contribution < 1.29 is 13.9 Å². The third-order valence-electron chi connectivity index (χ3n) is 6.07. The lowest BCUT2D eigenvalue weighted by molar-refractivity contribution is 0.0601. The van der Waals surface area contributed by atoms with E-state index in [0.717, 1.165) is 33.8 Å². The van der Waals surface area contributed by atoms with Gasteiger partial charge in [0.1, 0.15) is 17.6 Å². The van der Waals surface area contributed by atoms with Crippen LogP contribution in [0.5, 0.6) is 0 Å². The number of hydrogen-bond acceptors (Lipinski definition) is 5. The lowest BCUT2D eigenvalue weighted by atomic mass is 10.0. The average molecular weight is 484 g/mol. The molecule has 0 amide bonds. The number of rotatable bonds is 5. The number of thiocarbonyl (C=S) groups is 1. The number of nitrogens with zero attached hydrogens (tertiary/aromatic N) is 2. The van der Waals surface area contributed by atoms with Crippen LogP contribution in [0.25, 0.3) is 11.3 Å². The zero-order chi connectivity index (χ0) is 24.5. The number of carbonyl (C=O) groups is 1. The van der Waals surface area contributed by atoms with Crippen molar-refractivity contribution in [3.05, 3.63) is 107 Å². The highest BCUT2D eigenvalue weighted by atomic mass is 32.1. The van der Waals surface area contributed by atoms with Crippen molar-refractivity contribution in [2.75, 3.05) is 12.0 Å². The minimum Gasteiger partial charge on any atom is -0.465 e. The van der Waals surface area contributed by atoms with Crippen LogP contribution in [-0.2, 0) is 4.74 Å². The van der Waals surface area contributed by atoms with E-state index in [9.17, 15) is 4.79 Å². The molecule has 0 unspecified atom stereocenters. The number of furan rings is 1. The normalized spacial score (nSPS) is 17.3. The fourth-order valence-corrected chi connectivity index (χ4v) is 4.94. The van der Waals surface area contributed by atoms with Gasteiger partial charge in [-0.1, -0.05) is 24.3 Å². The number of pyridine rings is 1. The number of nitrogens with one attached hydrogen (secondary N) is 1. The van der Waals surface area contributed by atoms with E-state index in [1.165, 1.54) is 7.11 Å². The number of aryl methyl sites for hydroxylation is 2. The summed E-state index contributed by atoms with van der Waals surface area (Å²) in [6.45, 7) is 4.15. The van der Waals surface area contributed by atoms with Gasteiger partial charge in [0.25, 0.3) is 0 Å². The number of methoxy groups -OCH3 is 1. The summed E-state index contributed by atoms with van der Waals surface area (Å²) in [7, 11) is 1.37. The number of benzene rings is 2. The maximum atomic E-state index is 12.0. The Hall–Kier alpha value is -3.97. The molecule has 5 rings (SSSR count). The van der Waals surface area contributed by atoms with Crippen molar-refractivity contribution in [1.82, 2.24) is 10.3 Å². The van der Waals surface area contributed by atoms with E-state index in [-0.39, 0.29) is 18.1 Å². The zero-order valence-corrected chi connectivity index (χ0v) is 20.5. The van der Waals surface area contributed by atoms with Crippen LogP contribution in [0, 0.1) is 13.8 Å². The molecule has 0 bridgehead atoms. The van der Waals surface area contributed by atoms with Gasteiger partial charge in [0, 0.05) is 17.4 Å². The van der Waals surface area contributed by atoms with Crippen molar-refractivity contribution in [2.24, 2.45) is 0 Å². The molecule has 1 aliphatic rings. The number of aromatic nitrogens is 1. The Morgan fingerprint density at radius 2 is 1.83 bits per heavy atom. The van der Waals surface area contributed by atoms with Gasteiger partial charge in [0.2, 0.25) is 0 Å². The average Bonchev–Trinajstić information content (AvgIpc) is 3.48. The van der Waals surface area contributed by atoms with Crippen LogP contribution in [0.15, 0.2) is 83.4 Å². The highest BCUT2D eigenvalue weighted by Gasteiger charge is 2.42. The highest BCUT2D eigenvalue weighted by Crippen LogP contribution is 2.43. The Bertz CT molecular complexity index is 1380. The molecule has 176 valence electrons. The van der Waals surface area contributed by atoms with Crippen LogP contribution < -0.4 is 10.2 Å². The molecule has 3 heterocycles. The molecule has 35 heavy (non-hydrogen) atoms. The molecular formula is C28H25N3O3S. The zero-order valence-electron chi connectivity index (χ0n) is 19.7. The van der Waals surface area contributed by atoms with E-state index in [4.69, 9.17) is 21.4 Å². The number of anilines is 1. The van der Waals surface area contributed by atoms with Crippen molar-refractivity contribution in [3.8, 4) is 11.3 Å².